The van der Waals surface area contributed by atoms with E-state index >= 15 is 0 Å². The quantitative estimate of drug-likeness (QED) is 0.498. The molecule has 1 amide bonds. The lowest BCUT2D eigenvalue weighted by atomic mass is 9.98. The molecule has 7 nitrogen and oxygen atoms in total. The van der Waals surface area contributed by atoms with Crippen molar-refractivity contribution in [3.8, 4) is 0 Å². The Morgan fingerprint density at radius 3 is 2.52 bits per heavy atom. The van der Waals surface area contributed by atoms with E-state index in [-0.39, 0.29) is 25.6 Å². The number of aliphatic carboxylic acids is 1. The summed E-state index contributed by atoms with van der Waals surface area (Å²) in [6.45, 7) is 2.21. The van der Waals surface area contributed by atoms with Crippen molar-refractivity contribution in [1.29, 1.82) is 0 Å². The van der Waals surface area contributed by atoms with Crippen LogP contribution < -0.4 is 5.32 Å². The maximum absolute atomic E-state index is 11.8. The summed E-state index contributed by atoms with van der Waals surface area (Å²) < 4.78 is 10.2. The number of ether oxygens (including phenoxy) is 2. The van der Waals surface area contributed by atoms with Crippen molar-refractivity contribution in [2.45, 2.75) is 76.9 Å². The van der Waals surface area contributed by atoms with Crippen molar-refractivity contribution in [3.63, 3.8) is 0 Å². The first-order valence-electron chi connectivity index (χ1n) is 8.38. The second-order valence-electron chi connectivity index (χ2n) is 5.81. The number of carbonyl (C=O) groups is 3. The molecule has 132 valence electrons. The molecule has 1 aliphatic carbocycles. The molecular formula is C16H27NO6. The lowest BCUT2D eigenvalue weighted by Gasteiger charge is -2.22. The molecule has 7 heteroatoms. The number of carbonyl (C=O) groups excluding carboxylic acids is 2. The van der Waals surface area contributed by atoms with Crippen molar-refractivity contribution in [3.05, 3.63) is 0 Å². The summed E-state index contributed by atoms with van der Waals surface area (Å²) in [5.41, 5.74) is 0. The number of hydrogen-bond donors (Lipinski definition) is 2. The number of nitrogens with one attached hydrogen (secondary N) is 1. The standard InChI is InChI=1S/C16H27NO6/c1-2-3-11-22-16(21)17-13(15(19)20)9-10-14(18)23-12-7-5-4-6-8-12/h12-13H,2-11H2,1H3,(H,17,21)(H,19,20). The summed E-state index contributed by atoms with van der Waals surface area (Å²) in [7, 11) is 0. The molecule has 0 saturated heterocycles. The third-order valence-corrected chi connectivity index (χ3v) is 3.81. The average molecular weight is 329 g/mol. The molecule has 1 saturated carbocycles. The summed E-state index contributed by atoms with van der Waals surface area (Å²) in [5.74, 6) is -1.60. The second-order valence-corrected chi connectivity index (χ2v) is 5.81. The first-order chi connectivity index (χ1) is 11.0. The van der Waals surface area contributed by atoms with Crippen LogP contribution in [0.5, 0.6) is 0 Å². The molecule has 0 aromatic carbocycles. The van der Waals surface area contributed by atoms with E-state index in [0.717, 1.165) is 38.5 Å². The van der Waals surface area contributed by atoms with Gasteiger partial charge in [-0.25, -0.2) is 9.59 Å². The third-order valence-electron chi connectivity index (χ3n) is 3.81. The summed E-state index contributed by atoms with van der Waals surface area (Å²) >= 11 is 0. The number of rotatable bonds is 9. The number of unbranched alkanes of at least 4 members (excludes halogenated alkanes) is 1. The molecule has 23 heavy (non-hydrogen) atoms. The molecule has 0 aromatic heterocycles. The Morgan fingerprint density at radius 2 is 1.91 bits per heavy atom. The fourth-order valence-corrected chi connectivity index (χ4v) is 2.44. The molecular weight excluding hydrogens is 302 g/mol. The number of esters is 1. The molecule has 0 radical (unpaired) electrons. The molecule has 0 aliphatic heterocycles. The van der Waals surface area contributed by atoms with Crippen LogP contribution in [-0.4, -0.2) is 41.9 Å². The summed E-state index contributed by atoms with van der Waals surface area (Å²) in [5, 5.41) is 11.4. The fraction of sp³-hybridized carbons (Fsp3) is 0.812. The van der Waals surface area contributed by atoms with E-state index < -0.39 is 24.1 Å². The normalized spacial score (nSPS) is 16.4. The maximum Gasteiger partial charge on any atom is 0.407 e. The number of hydrogen-bond acceptors (Lipinski definition) is 5. The van der Waals surface area contributed by atoms with Crippen LogP contribution in [-0.2, 0) is 19.1 Å². The number of carboxylic acids is 1. The minimum absolute atomic E-state index is 0.0102. The van der Waals surface area contributed by atoms with Gasteiger partial charge >= 0.3 is 18.0 Å². The fourth-order valence-electron chi connectivity index (χ4n) is 2.44. The van der Waals surface area contributed by atoms with E-state index in [2.05, 4.69) is 5.32 Å². The van der Waals surface area contributed by atoms with Gasteiger partial charge in [-0.2, -0.15) is 0 Å². The highest BCUT2D eigenvalue weighted by Gasteiger charge is 2.23. The van der Waals surface area contributed by atoms with Gasteiger partial charge in [0.1, 0.15) is 12.1 Å². The van der Waals surface area contributed by atoms with Gasteiger partial charge in [0.2, 0.25) is 0 Å². The third kappa shape index (κ3) is 8.42. The maximum atomic E-state index is 11.8. The zero-order chi connectivity index (χ0) is 17.1. The largest absolute Gasteiger partial charge is 0.480 e. The van der Waals surface area contributed by atoms with E-state index in [1.165, 1.54) is 6.42 Å². The minimum Gasteiger partial charge on any atom is -0.480 e. The molecule has 1 unspecified atom stereocenters. The highest BCUT2D eigenvalue weighted by molar-refractivity contribution is 5.80. The van der Waals surface area contributed by atoms with Crippen LogP contribution in [0.4, 0.5) is 4.79 Å². The van der Waals surface area contributed by atoms with Gasteiger partial charge in [-0.05, 0) is 38.5 Å². The number of alkyl carbamates (subject to hydrolysis) is 1. The zero-order valence-electron chi connectivity index (χ0n) is 13.7. The molecule has 1 aliphatic rings. The highest BCUT2D eigenvalue weighted by Crippen LogP contribution is 2.20. The van der Waals surface area contributed by atoms with Crippen molar-refractivity contribution in [2.24, 2.45) is 0 Å². The van der Waals surface area contributed by atoms with E-state index in [9.17, 15) is 14.4 Å². The van der Waals surface area contributed by atoms with Crippen LogP contribution >= 0.6 is 0 Å². The number of carboxylic acid groups (broad SMARTS) is 1. The van der Waals surface area contributed by atoms with E-state index in [4.69, 9.17) is 14.6 Å². The molecule has 0 bridgehead atoms. The first-order valence-corrected chi connectivity index (χ1v) is 8.38. The molecule has 0 aromatic rings. The van der Waals surface area contributed by atoms with Crippen molar-refractivity contribution >= 4 is 18.0 Å². The first kappa shape index (κ1) is 19.3. The van der Waals surface area contributed by atoms with Crippen LogP contribution in [0.25, 0.3) is 0 Å². The lowest BCUT2D eigenvalue weighted by Crippen LogP contribution is -2.41. The van der Waals surface area contributed by atoms with Crippen molar-refractivity contribution in [1.82, 2.24) is 5.32 Å². The molecule has 0 heterocycles. The molecule has 0 spiro atoms. The molecule has 1 atom stereocenters. The van der Waals surface area contributed by atoms with Gasteiger partial charge in [-0.3, -0.25) is 4.79 Å². The lowest BCUT2D eigenvalue weighted by molar-refractivity contribution is -0.151. The SMILES string of the molecule is CCCCOC(=O)NC(CCC(=O)OC1CCCCC1)C(=O)O. The molecule has 1 rings (SSSR count). The molecule has 2 N–H and O–H groups in total. The number of amides is 1. The van der Waals surface area contributed by atoms with E-state index in [0.29, 0.717) is 0 Å². The van der Waals surface area contributed by atoms with Crippen molar-refractivity contribution in [2.75, 3.05) is 6.61 Å². The topological polar surface area (TPSA) is 102 Å². The van der Waals surface area contributed by atoms with Crippen LogP contribution in [0.2, 0.25) is 0 Å². The van der Waals surface area contributed by atoms with Gasteiger partial charge in [-0.15, -0.1) is 0 Å². The Labute approximate surface area is 136 Å². The monoisotopic (exact) mass is 329 g/mol. The predicted molar refractivity (Wildman–Crippen MR) is 83.0 cm³/mol. The zero-order valence-corrected chi connectivity index (χ0v) is 13.7. The van der Waals surface area contributed by atoms with E-state index in [1.807, 2.05) is 6.92 Å². The van der Waals surface area contributed by atoms with Gasteiger partial charge in [0.05, 0.1) is 6.61 Å². The van der Waals surface area contributed by atoms with Gasteiger partial charge in [0, 0.05) is 6.42 Å². The summed E-state index contributed by atoms with van der Waals surface area (Å²) in [6.07, 6.45) is 5.75. The Hall–Kier alpha value is -1.79. The summed E-state index contributed by atoms with van der Waals surface area (Å²) in [4.78, 5) is 34.4. The molecule has 1 fully saturated rings. The van der Waals surface area contributed by atoms with Crippen molar-refractivity contribution < 1.29 is 29.0 Å². The Balaban J connectivity index is 2.30. The highest BCUT2D eigenvalue weighted by atomic mass is 16.6. The van der Waals surface area contributed by atoms with Crippen LogP contribution in [0.3, 0.4) is 0 Å². The summed E-state index contributed by atoms with van der Waals surface area (Å²) in [6, 6.07) is -1.15. The van der Waals surface area contributed by atoms with E-state index in [1.54, 1.807) is 0 Å². The Kier molecular flexibility index (Phi) is 9.09. The second kappa shape index (κ2) is 10.9. The Morgan fingerprint density at radius 1 is 1.22 bits per heavy atom. The van der Waals surface area contributed by atoms with Gasteiger partial charge in [0.25, 0.3) is 0 Å². The predicted octanol–water partition coefficient (Wildman–Crippen LogP) is 2.62. The van der Waals surface area contributed by atoms with Gasteiger partial charge in [0.15, 0.2) is 0 Å². The average Bonchev–Trinajstić information content (AvgIpc) is 2.52. The van der Waals surface area contributed by atoms with Gasteiger partial charge in [-0.1, -0.05) is 19.8 Å². The van der Waals surface area contributed by atoms with Gasteiger partial charge < -0.3 is 19.9 Å². The minimum atomic E-state index is -1.19. The Bertz CT molecular complexity index is 392. The van der Waals surface area contributed by atoms with Crippen LogP contribution in [0.15, 0.2) is 0 Å². The van der Waals surface area contributed by atoms with Crippen LogP contribution in [0.1, 0.15) is 64.7 Å². The smallest absolute Gasteiger partial charge is 0.407 e. The van der Waals surface area contributed by atoms with Crippen LogP contribution in [0, 0.1) is 0 Å².